The molecule has 1 fully saturated rings. The number of benzene rings is 1. The number of para-hydroxylation sites is 1. The van der Waals surface area contributed by atoms with E-state index in [1.807, 2.05) is 69.9 Å². The van der Waals surface area contributed by atoms with Crippen LogP contribution in [0.2, 0.25) is 0 Å². The second-order valence-corrected chi connectivity index (χ2v) is 7.09. The first-order valence-electron chi connectivity index (χ1n) is 9.76. The number of carbonyl (C=O) groups is 1. The predicted molar refractivity (Wildman–Crippen MR) is 109 cm³/mol. The van der Waals surface area contributed by atoms with E-state index in [0.717, 1.165) is 30.7 Å². The second kappa shape index (κ2) is 7.52. The molecule has 7 nitrogen and oxygen atoms in total. The van der Waals surface area contributed by atoms with Gasteiger partial charge in [0.05, 0.1) is 11.6 Å². The van der Waals surface area contributed by atoms with Crippen LogP contribution in [0, 0.1) is 0 Å². The molecule has 4 heterocycles. The number of amides is 1. The highest BCUT2D eigenvalue weighted by molar-refractivity contribution is 6.00. The first-order chi connectivity index (χ1) is 14.3. The molecule has 0 bridgehead atoms. The molecule has 1 amide bonds. The van der Waals surface area contributed by atoms with E-state index >= 15 is 0 Å². The van der Waals surface area contributed by atoms with Crippen LogP contribution in [0.25, 0.3) is 22.7 Å². The molecule has 0 aliphatic carbocycles. The van der Waals surface area contributed by atoms with Crippen LogP contribution in [-0.2, 0) is 4.74 Å². The summed E-state index contributed by atoms with van der Waals surface area (Å²) in [7, 11) is 0. The van der Waals surface area contributed by atoms with Crippen molar-refractivity contribution in [3.05, 3.63) is 72.9 Å². The van der Waals surface area contributed by atoms with Crippen LogP contribution in [0.5, 0.6) is 0 Å². The number of hydrogen-bond donors (Lipinski definition) is 1. The quantitative estimate of drug-likeness (QED) is 0.571. The number of nitrogens with zero attached hydrogens (tertiary/aromatic N) is 4. The fraction of sp³-hybridized carbons (Fsp3) is 0.227. The zero-order valence-electron chi connectivity index (χ0n) is 15.9. The Morgan fingerprint density at radius 2 is 2.03 bits per heavy atom. The standard InChI is InChI=1S/C22H21N5O2/c28-22(23-13-17-9-6-12-29-17)20-19-10-4-5-11-27(19)21(25-20)18-14-26(15-24-18)16-7-2-1-3-8-16/h1-5,7-8,10-11,14-15,17H,6,9,12-13H2,(H,23,28)/t17-/m0/s1. The third-order valence-electron chi connectivity index (χ3n) is 5.14. The molecule has 7 heteroatoms. The Morgan fingerprint density at radius 3 is 2.86 bits per heavy atom. The lowest BCUT2D eigenvalue weighted by atomic mass is 10.2. The van der Waals surface area contributed by atoms with E-state index in [1.165, 1.54) is 0 Å². The van der Waals surface area contributed by atoms with Crippen LogP contribution in [0.4, 0.5) is 0 Å². The number of imidazole rings is 2. The molecular formula is C22H21N5O2. The normalized spacial score (nSPS) is 16.3. The highest BCUT2D eigenvalue weighted by atomic mass is 16.5. The van der Waals surface area contributed by atoms with Gasteiger partial charge in [-0.2, -0.15) is 0 Å². The number of fused-ring (bicyclic) bond motifs is 1. The highest BCUT2D eigenvalue weighted by Crippen LogP contribution is 2.23. The van der Waals surface area contributed by atoms with E-state index in [1.54, 1.807) is 6.33 Å². The summed E-state index contributed by atoms with van der Waals surface area (Å²) in [5.74, 6) is 0.440. The molecule has 1 aliphatic rings. The molecular weight excluding hydrogens is 366 g/mol. The Kier molecular flexibility index (Phi) is 4.57. The second-order valence-electron chi connectivity index (χ2n) is 7.09. The number of aromatic nitrogens is 4. The van der Waals surface area contributed by atoms with Crippen molar-refractivity contribution >= 4 is 11.4 Å². The number of carbonyl (C=O) groups excluding carboxylic acids is 1. The molecule has 1 N–H and O–H groups in total. The van der Waals surface area contributed by atoms with Gasteiger partial charge in [-0.3, -0.25) is 9.20 Å². The van der Waals surface area contributed by atoms with Crippen molar-refractivity contribution in [2.24, 2.45) is 0 Å². The molecule has 0 saturated carbocycles. The topological polar surface area (TPSA) is 73.4 Å². The van der Waals surface area contributed by atoms with Gasteiger partial charge in [-0.25, -0.2) is 9.97 Å². The maximum absolute atomic E-state index is 12.8. The summed E-state index contributed by atoms with van der Waals surface area (Å²) in [6.45, 7) is 1.27. The van der Waals surface area contributed by atoms with Crippen molar-refractivity contribution < 1.29 is 9.53 Å². The molecule has 0 unspecified atom stereocenters. The van der Waals surface area contributed by atoms with E-state index in [2.05, 4.69) is 15.3 Å². The molecule has 29 heavy (non-hydrogen) atoms. The molecule has 0 spiro atoms. The Labute approximate surface area is 168 Å². The summed E-state index contributed by atoms with van der Waals surface area (Å²) in [5.41, 5.74) is 2.87. The maximum Gasteiger partial charge on any atom is 0.272 e. The van der Waals surface area contributed by atoms with Crippen LogP contribution >= 0.6 is 0 Å². The van der Waals surface area contributed by atoms with Crippen LogP contribution in [0.15, 0.2) is 67.3 Å². The van der Waals surface area contributed by atoms with E-state index in [4.69, 9.17) is 4.74 Å². The van der Waals surface area contributed by atoms with Crippen LogP contribution < -0.4 is 5.32 Å². The van der Waals surface area contributed by atoms with Gasteiger partial charge in [0, 0.05) is 31.2 Å². The number of pyridine rings is 1. The first kappa shape index (κ1) is 17.6. The summed E-state index contributed by atoms with van der Waals surface area (Å²) in [6.07, 6.45) is 7.69. The monoisotopic (exact) mass is 387 g/mol. The summed E-state index contributed by atoms with van der Waals surface area (Å²) < 4.78 is 9.44. The first-order valence-corrected chi connectivity index (χ1v) is 9.76. The number of rotatable bonds is 5. The van der Waals surface area contributed by atoms with Gasteiger partial charge in [-0.1, -0.05) is 24.3 Å². The largest absolute Gasteiger partial charge is 0.376 e. The zero-order valence-corrected chi connectivity index (χ0v) is 15.9. The number of nitrogens with one attached hydrogen (secondary N) is 1. The van der Waals surface area contributed by atoms with Gasteiger partial charge in [0.2, 0.25) is 0 Å². The fourth-order valence-electron chi connectivity index (χ4n) is 3.66. The third kappa shape index (κ3) is 3.40. The fourth-order valence-corrected chi connectivity index (χ4v) is 3.66. The Hall–Kier alpha value is -3.45. The van der Waals surface area contributed by atoms with Crippen molar-refractivity contribution in [2.75, 3.05) is 13.2 Å². The van der Waals surface area contributed by atoms with Crippen LogP contribution in [-0.4, -0.2) is 44.1 Å². The van der Waals surface area contributed by atoms with Crippen molar-refractivity contribution in [3.8, 4) is 17.2 Å². The Bertz CT molecular complexity index is 1140. The lowest BCUT2D eigenvalue weighted by Gasteiger charge is -2.09. The SMILES string of the molecule is O=C(NC[C@@H]1CCCO1)c1nc(-c2cn(-c3ccccc3)cn2)n2ccccc12. The number of hydrogen-bond acceptors (Lipinski definition) is 4. The minimum Gasteiger partial charge on any atom is -0.376 e. The minimum absolute atomic E-state index is 0.0915. The lowest BCUT2D eigenvalue weighted by molar-refractivity contribution is 0.0855. The lowest BCUT2D eigenvalue weighted by Crippen LogP contribution is -2.32. The Morgan fingerprint density at radius 1 is 1.17 bits per heavy atom. The average Bonchev–Trinajstić information content (AvgIpc) is 3.52. The molecule has 5 rings (SSSR count). The van der Waals surface area contributed by atoms with E-state index in [-0.39, 0.29) is 12.0 Å². The van der Waals surface area contributed by atoms with Crippen LogP contribution in [0.1, 0.15) is 23.3 Å². The Balaban J connectivity index is 1.47. The molecule has 3 aromatic heterocycles. The molecule has 0 radical (unpaired) electrons. The van der Waals surface area contributed by atoms with Gasteiger partial charge in [-0.15, -0.1) is 0 Å². The molecule has 1 atom stereocenters. The van der Waals surface area contributed by atoms with E-state index < -0.39 is 0 Å². The van der Waals surface area contributed by atoms with Gasteiger partial charge < -0.3 is 14.6 Å². The van der Waals surface area contributed by atoms with E-state index in [0.29, 0.717) is 23.8 Å². The summed E-state index contributed by atoms with van der Waals surface area (Å²) in [6, 6.07) is 15.7. The zero-order chi connectivity index (χ0) is 19.6. The third-order valence-corrected chi connectivity index (χ3v) is 5.14. The van der Waals surface area contributed by atoms with Crippen molar-refractivity contribution in [3.63, 3.8) is 0 Å². The maximum atomic E-state index is 12.8. The molecule has 1 aromatic carbocycles. The molecule has 1 saturated heterocycles. The van der Waals surface area contributed by atoms with Crippen LogP contribution in [0.3, 0.4) is 0 Å². The smallest absolute Gasteiger partial charge is 0.272 e. The van der Waals surface area contributed by atoms with Gasteiger partial charge in [-0.05, 0) is 37.1 Å². The minimum atomic E-state index is -0.196. The van der Waals surface area contributed by atoms with Gasteiger partial charge in [0.25, 0.3) is 5.91 Å². The predicted octanol–water partition coefficient (Wildman–Crippen LogP) is 3.10. The molecule has 1 aliphatic heterocycles. The summed E-state index contributed by atoms with van der Waals surface area (Å²) in [4.78, 5) is 22.0. The van der Waals surface area contributed by atoms with Gasteiger partial charge >= 0.3 is 0 Å². The van der Waals surface area contributed by atoms with Gasteiger partial charge in [0.1, 0.15) is 12.0 Å². The molecule has 146 valence electrons. The van der Waals surface area contributed by atoms with Gasteiger partial charge in [0.15, 0.2) is 11.5 Å². The summed E-state index contributed by atoms with van der Waals surface area (Å²) >= 11 is 0. The van der Waals surface area contributed by atoms with Crippen molar-refractivity contribution in [1.82, 2.24) is 24.3 Å². The van der Waals surface area contributed by atoms with E-state index in [9.17, 15) is 4.79 Å². The average molecular weight is 387 g/mol. The number of ether oxygens (including phenoxy) is 1. The van der Waals surface area contributed by atoms with Crippen molar-refractivity contribution in [1.29, 1.82) is 0 Å². The van der Waals surface area contributed by atoms with Crippen molar-refractivity contribution in [2.45, 2.75) is 18.9 Å². The summed E-state index contributed by atoms with van der Waals surface area (Å²) in [5, 5.41) is 2.96. The molecule has 4 aromatic rings. The highest BCUT2D eigenvalue weighted by Gasteiger charge is 2.22.